The maximum Gasteiger partial charge on any atom is 0.451 e. The molecule has 0 aromatic heterocycles. The number of hydroxylamine groups is 1. The van der Waals surface area contributed by atoms with E-state index < -0.39 is 22.7 Å². The van der Waals surface area contributed by atoms with Gasteiger partial charge in [0.25, 0.3) is 5.69 Å². The molecule has 7 nitrogen and oxygen atoms in total. The molecule has 1 aliphatic rings. The van der Waals surface area contributed by atoms with Gasteiger partial charge in [0, 0.05) is 23.3 Å². The Kier molecular flexibility index (Phi) is 3.76. The number of nitro benzene ring substituents is 1. The third-order valence-corrected chi connectivity index (χ3v) is 3.61. The quantitative estimate of drug-likeness (QED) is 0.319. The number of carbonyl (C=O) groups is 1. The van der Waals surface area contributed by atoms with Crippen LogP contribution in [0.2, 0.25) is 0 Å². The van der Waals surface area contributed by atoms with Gasteiger partial charge in [0.15, 0.2) is 5.78 Å². The fourth-order valence-corrected chi connectivity index (χ4v) is 2.52. The maximum absolute atomic E-state index is 12.6. The molecular weight excluding hydrogens is 343 g/mol. The molecule has 1 aliphatic carbocycles. The molecule has 25 heavy (non-hydrogen) atoms. The molecule has 0 spiro atoms. The number of amidine groups is 1. The summed E-state index contributed by atoms with van der Waals surface area (Å²) in [5.41, 5.74) is 1.58. The summed E-state index contributed by atoms with van der Waals surface area (Å²) in [7, 11) is 0. The standard InChI is InChI=1S/C15H8F3N3O4/c16-15(17,18)14(20-23)19-7-1-3-9-10-4-2-8(21(24)25)6-12(10)13(22)11(9)5-7/h1-6,23H,(H,19,20). The van der Waals surface area contributed by atoms with Crippen LogP contribution in [0, 0.1) is 10.1 Å². The molecule has 0 saturated heterocycles. The van der Waals surface area contributed by atoms with Gasteiger partial charge in [0.05, 0.1) is 10.6 Å². The van der Waals surface area contributed by atoms with Crippen LogP contribution in [0.4, 0.5) is 24.5 Å². The van der Waals surface area contributed by atoms with Crippen LogP contribution in [-0.4, -0.2) is 27.9 Å². The number of ketones is 1. The molecule has 3 rings (SSSR count). The Morgan fingerprint density at radius 3 is 2.24 bits per heavy atom. The van der Waals surface area contributed by atoms with Crippen LogP contribution in [0.15, 0.2) is 41.4 Å². The molecule has 0 bridgehead atoms. The first kappa shape index (κ1) is 16.6. The van der Waals surface area contributed by atoms with Crippen molar-refractivity contribution < 1.29 is 28.1 Å². The Labute approximate surface area is 137 Å². The molecule has 2 aromatic rings. The van der Waals surface area contributed by atoms with E-state index in [1.165, 1.54) is 24.3 Å². The molecule has 10 heteroatoms. The number of nitro groups is 1. The Bertz CT molecular complexity index is 938. The first-order valence-electron chi connectivity index (χ1n) is 6.76. The third kappa shape index (κ3) is 2.83. The van der Waals surface area contributed by atoms with E-state index in [0.29, 0.717) is 11.1 Å². The van der Waals surface area contributed by atoms with Crippen molar-refractivity contribution in [1.82, 2.24) is 5.48 Å². The number of nitrogens with one attached hydrogen (secondary N) is 1. The molecule has 0 heterocycles. The number of halogens is 3. The Hall–Kier alpha value is -3.27. The van der Waals surface area contributed by atoms with E-state index in [1.807, 2.05) is 0 Å². The van der Waals surface area contributed by atoms with Crippen LogP contribution in [-0.2, 0) is 0 Å². The summed E-state index contributed by atoms with van der Waals surface area (Å²) < 4.78 is 37.8. The topological polar surface area (TPSA) is 105 Å². The summed E-state index contributed by atoms with van der Waals surface area (Å²) in [6.07, 6.45) is -4.90. The van der Waals surface area contributed by atoms with E-state index in [0.717, 1.165) is 17.6 Å². The van der Waals surface area contributed by atoms with Gasteiger partial charge in [-0.05, 0) is 29.3 Å². The van der Waals surface area contributed by atoms with Gasteiger partial charge in [-0.3, -0.25) is 20.1 Å². The Morgan fingerprint density at radius 2 is 1.68 bits per heavy atom. The molecule has 0 radical (unpaired) electrons. The highest BCUT2D eigenvalue weighted by molar-refractivity contribution is 6.22. The second-order valence-electron chi connectivity index (χ2n) is 5.12. The minimum absolute atomic E-state index is 0.0798. The van der Waals surface area contributed by atoms with Gasteiger partial charge < -0.3 is 0 Å². The number of hydrogen-bond donors (Lipinski definition) is 2. The average molecular weight is 351 g/mol. The van der Waals surface area contributed by atoms with Gasteiger partial charge in [-0.2, -0.15) is 13.2 Å². The molecule has 0 amide bonds. The minimum Gasteiger partial charge on any atom is -0.290 e. The number of nitrogens with zero attached hydrogens (tertiary/aromatic N) is 2. The van der Waals surface area contributed by atoms with E-state index >= 15 is 0 Å². The zero-order valence-corrected chi connectivity index (χ0v) is 12.2. The first-order chi connectivity index (χ1) is 11.7. The Balaban J connectivity index is 2.07. The SMILES string of the molecule is O=C1c2cc(N=C(NO)C(F)(F)F)ccc2-c2ccc([N+](=O)[O-])cc21. The lowest BCUT2D eigenvalue weighted by atomic mass is 10.1. The lowest BCUT2D eigenvalue weighted by Crippen LogP contribution is -2.34. The number of fused-ring (bicyclic) bond motifs is 3. The van der Waals surface area contributed by atoms with Crippen LogP contribution in [0.5, 0.6) is 0 Å². The minimum atomic E-state index is -4.90. The average Bonchev–Trinajstić information content (AvgIpc) is 2.83. The summed E-state index contributed by atoms with van der Waals surface area (Å²) in [4.78, 5) is 25.8. The normalized spacial score (nSPS) is 13.4. The van der Waals surface area contributed by atoms with E-state index in [-0.39, 0.29) is 22.5 Å². The highest BCUT2D eigenvalue weighted by Crippen LogP contribution is 2.40. The van der Waals surface area contributed by atoms with E-state index in [9.17, 15) is 28.1 Å². The second kappa shape index (κ2) is 5.67. The molecule has 0 unspecified atom stereocenters. The van der Waals surface area contributed by atoms with Gasteiger partial charge in [-0.15, -0.1) is 0 Å². The van der Waals surface area contributed by atoms with Gasteiger partial charge in [0.1, 0.15) is 0 Å². The molecular formula is C15H8F3N3O4. The summed E-state index contributed by atoms with van der Waals surface area (Å²) in [5.74, 6) is -2.18. The van der Waals surface area contributed by atoms with E-state index in [1.54, 1.807) is 0 Å². The van der Waals surface area contributed by atoms with Crippen LogP contribution >= 0.6 is 0 Å². The molecule has 2 aromatic carbocycles. The van der Waals surface area contributed by atoms with Crippen LogP contribution < -0.4 is 5.48 Å². The highest BCUT2D eigenvalue weighted by Gasteiger charge is 2.36. The number of alkyl halides is 3. The number of benzene rings is 2. The van der Waals surface area contributed by atoms with Crippen molar-refractivity contribution in [2.45, 2.75) is 6.18 Å². The molecule has 2 N–H and O–H groups in total. The van der Waals surface area contributed by atoms with Crippen LogP contribution in [0.1, 0.15) is 15.9 Å². The highest BCUT2D eigenvalue weighted by atomic mass is 19.4. The summed E-state index contributed by atoms with van der Waals surface area (Å²) in [6.45, 7) is 0. The van der Waals surface area contributed by atoms with E-state index in [2.05, 4.69) is 4.99 Å². The maximum atomic E-state index is 12.6. The number of non-ortho nitro benzene ring substituents is 1. The van der Waals surface area contributed by atoms with Gasteiger partial charge in [0.2, 0.25) is 5.84 Å². The van der Waals surface area contributed by atoms with E-state index in [4.69, 9.17) is 5.21 Å². The lowest BCUT2D eigenvalue weighted by Gasteiger charge is -2.08. The predicted octanol–water partition coefficient (Wildman–Crippen LogP) is 3.38. The van der Waals surface area contributed by atoms with Gasteiger partial charge in [-0.25, -0.2) is 10.5 Å². The van der Waals surface area contributed by atoms with Crippen LogP contribution in [0.3, 0.4) is 0 Å². The fraction of sp³-hybridized carbons (Fsp3) is 0.0667. The van der Waals surface area contributed by atoms with Crippen molar-refractivity contribution in [3.63, 3.8) is 0 Å². The van der Waals surface area contributed by atoms with Crippen molar-refractivity contribution >= 4 is 23.0 Å². The largest absolute Gasteiger partial charge is 0.451 e. The second-order valence-corrected chi connectivity index (χ2v) is 5.12. The number of rotatable bonds is 2. The predicted molar refractivity (Wildman–Crippen MR) is 80.0 cm³/mol. The number of aliphatic imine (C=N–C) groups is 1. The molecule has 0 aliphatic heterocycles. The smallest absolute Gasteiger partial charge is 0.290 e. The monoisotopic (exact) mass is 351 g/mol. The molecule has 0 atom stereocenters. The van der Waals surface area contributed by atoms with Gasteiger partial charge in [-0.1, -0.05) is 6.07 Å². The van der Waals surface area contributed by atoms with Crippen molar-refractivity contribution in [1.29, 1.82) is 0 Å². The molecule has 0 saturated carbocycles. The van der Waals surface area contributed by atoms with Gasteiger partial charge >= 0.3 is 6.18 Å². The number of carbonyl (C=O) groups excluding carboxylic acids is 1. The van der Waals surface area contributed by atoms with Crippen molar-refractivity contribution in [2.75, 3.05) is 0 Å². The summed E-state index contributed by atoms with van der Waals surface area (Å²) in [5, 5.41) is 19.4. The Morgan fingerprint density at radius 1 is 1.08 bits per heavy atom. The zero-order chi connectivity index (χ0) is 18.4. The first-order valence-corrected chi connectivity index (χ1v) is 6.76. The van der Waals surface area contributed by atoms with Crippen molar-refractivity contribution in [2.24, 2.45) is 4.99 Å². The van der Waals surface area contributed by atoms with Crippen molar-refractivity contribution in [3.8, 4) is 11.1 Å². The number of hydrogen-bond acceptors (Lipinski definition) is 5. The lowest BCUT2D eigenvalue weighted by molar-refractivity contribution is -0.384. The summed E-state index contributed by atoms with van der Waals surface area (Å²) >= 11 is 0. The van der Waals surface area contributed by atoms with Crippen LogP contribution in [0.25, 0.3) is 11.1 Å². The fourth-order valence-electron chi connectivity index (χ4n) is 2.52. The zero-order valence-electron chi connectivity index (χ0n) is 12.2. The third-order valence-electron chi connectivity index (χ3n) is 3.61. The summed E-state index contributed by atoms with van der Waals surface area (Å²) in [6, 6.07) is 7.55. The molecule has 128 valence electrons. The molecule has 0 fully saturated rings. The van der Waals surface area contributed by atoms with Crippen molar-refractivity contribution in [3.05, 3.63) is 57.6 Å².